The van der Waals surface area contributed by atoms with Crippen LogP contribution in [0.2, 0.25) is 0 Å². The van der Waals surface area contributed by atoms with Gasteiger partial charge in [0.1, 0.15) is 6.17 Å². The van der Waals surface area contributed by atoms with Crippen LogP contribution in [-0.2, 0) is 4.79 Å². The normalized spacial score (nSPS) is 23.9. The minimum absolute atomic E-state index is 0.0163. The molecule has 1 aromatic rings. The van der Waals surface area contributed by atoms with Crippen LogP contribution in [0, 0.1) is 5.92 Å². The third kappa shape index (κ3) is 3.13. The Kier molecular flexibility index (Phi) is 5.40. The number of nitrogens with zero attached hydrogens (tertiary/aromatic N) is 1. The van der Waals surface area contributed by atoms with Crippen molar-refractivity contribution in [2.45, 2.75) is 65.2 Å². The highest BCUT2D eigenvalue weighted by Crippen LogP contribution is 2.32. The van der Waals surface area contributed by atoms with Gasteiger partial charge in [0.05, 0.1) is 6.04 Å². The first-order valence-electron chi connectivity index (χ1n) is 8.27. The molecule has 1 heterocycles. The average molecular weight is 288 g/mol. The summed E-state index contributed by atoms with van der Waals surface area (Å²) in [5.41, 5.74) is 1.18. The molecule has 21 heavy (non-hydrogen) atoms. The quantitative estimate of drug-likeness (QED) is 0.865. The molecule has 0 aliphatic carbocycles. The number of nitrogens with one attached hydrogen (secondary N) is 1. The van der Waals surface area contributed by atoms with Gasteiger partial charge in [-0.1, -0.05) is 64.4 Å². The van der Waals surface area contributed by atoms with Crippen LogP contribution in [0.15, 0.2) is 30.3 Å². The fourth-order valence-corrected chi connectivity index (χ4v) is 3.22. The lowest BCUT2D eigenvalue weighted by Crippen LogP contribution is -2.40. The van der Waals surface area contributed by atoms with Crippen LogP contribution < -0.4 is 5.32 Å². The van der Waals surface area contributed by atoms with E-state index in [4.69, 9.17) is 0 Å². The van der Waals surface area contributed by atoms with Gasteiger partial charge in [-0.2, -0.15) is 0 Å². The maximum absolute atomic E-state index is 12.9. The second kappa shape index (κ2) is 7.08. The third-order valence-electron chi connectivity index (χ3n) is 4.80. The van der Waals surface area contributed by atoms with E-state index in [0.29, 0.717) is 12.0 Å². The van der Waals surface area contributed by atoms with Crippen molar-refractivity contribution in [3.8, 4) is 0 Å². The van der Waals surface area contributed by atoms with Crippen molar-refractivity contribution in [2.24, 2.45) is 5.92 Å². The van der Waals surface area contributed by atoms with Crippen LogP contribution in [0.5, 0.6) is 0 Å². The fourth-order valence-electron chi connectivity index (χ4n) is 3.22. The van der Waals surface area contributed by atoms with Gasteiger partial charge in [0.2, 0.25) is 5.91 Å². The fraction of sp³-hybridized carbons (Fsp3) is 0.611. The second-order valence-corrected chi connectivity index (χ2v) is 6.06. The minimum atomic E-state index is -0.0548. The SMILES string of the molecule is CCC(C)C1NC(c2ccccc2)N(C(CC)CC)C1=O. The van der Waals surface area contributed by atoms with E-state index in [1.165, 1.54) is 5.56 Å². The molecule has 3 nitrogen and oxygen atoms in total. The first-order chi connectivity index (χ1) is 10.1. The van der Waals surface area contributed by atoms with Gasteiger partial charge in [0.25, 0.3) is 0 Å². The van der Waals surface area contributed by atoms with E-state index < -0.39 is 0 Å². The number of carbonyl (C=O) groups excluding carboxylic acids is 1. The second-order valence-electron chi connectivity index (χ2n) is 6.06. The Morgan fingerprint density at radius 3 is 2.24 bits per heavy atom. The van der Waals surface area contributed by atoms with Crippen molar-refractivity contribution in [3.63, 3.8) is 0 Å². The van der Waals surface area contributed by atoms with Gasteiger partial charge in [-0.3, -0.25) is 10.1 Å². The third-order valence-corrected chi connectivity index (χ3v) is 4.80. The molecule has 3 heteroatoms. The van der Waals surface area contributed by atoms with Crippen LogP contribution in [0.3, 0.4) is 0 Å². The molecular weight excluding hydrogens is 260 g/mol. The number of hydrogen-bond donors (Lipinski definition) is 1. The maximum atomic E-state index is 12.9. The lowest BCUT2D eigenvalue weighted by molar-refractivity contribution is -0.133. The lowest BCUT2D eigenvalue weighted by Gasteiger charge is -2.32. The lowest BCUT2D eigenvalue weighted by atomic mass is 9.99. The standard InChI is InChI=1S/C18H28N2O/c1-5-13(4)16-18(21)20(15(6-2)7-3)17(19-16)14-11-9-8-10-12-14/h8-13,15-17,19H,5-7H2,1-4H3. The van der Waals surface area contributed by atoms with E-state index in [0.717, 1.165) is 19.3 Å². The molecule has 2 rings (SSSR count). The molecule has 3 unspecified atom stereocenters. The van der Waals surface area contributed by atoms with Gasteiger partial charge in [0.15, 0.2) is 0 Å². The summed E-state index contributed by atoms with van der Waals surface area (Å²) >= 11 is 0. The maximum Gasteiger partial charge on any atom is 0.241 e. The molecule has 0 aromatic heterocycles. The molecule has 1 N–H and O–H groups in total. The highest BCUT2D eigenvalue weighted by Gasteiger charge is 2.43. The van der Waals surface area contributed by atoms with Crippen LogP contribution in [0.1, 0.15) is 58.7 Å². The molecule has 1 amide bonds. The summed E-state index contributed by atoms with van der Waals surface area (Å²) in [6, 6.07) is 10.6. The molecule has 1 aliphatic heterocycles. The average Bonchev–Trinajstić information content (AvgIpc) is 2.87. The van der Waals surface area contributed by atoms with Gasteiger partial charge < -0.3 is 4.90 Å². The Hall–Kier alpha value is -1.35. The summed E-state index contributed by atoms with van der Waals surface area (Å²) in [5.74, 6) is 0.634. The number of hydrogen-bond acceptors (Lipinski definition) is 2. The van der Waals surface area contributed by atoms with Crippen molar-refractivity contribution in [1.29, 1.82) is 0 Å². The number of benzene rings is 1. The highest BCUT2D eigenvalue weighted by atomic mass is 16.2. The Morgan fingerprint density at radius 1 is 1.10 bits per heavy atom. The van der Waals surface area contributed by atoms with E-state index in [1.54, 1.807) is 0 Å². The van der Waals surface area contributed by atoms with E-state index in [1.807, 2.05) is 18.2 Å². The van der Waals surface area contributed by atoms with Crippen LogP contribution >= 0.6 is 0 Å². The molecule has 1 fully saturated rings. The first-order valence-corrected chi connectivity index (χ1v) is 8.27. The molecule has 0 radical (unpaired) electrons. The molecular formula is C18H28N2O. The zero-order valence-electron chi connectivity index (χ0n) is 13.7. The minimum Gasteiger partial charge on any atom is -0.319 e. The van der Waals surface area contributed by atoms with Gasteiger partial charge in [0, 0.05) is 6.04 Å². The summed E-state index contributed by atoms with van der Waals surface area (Å²) in [4.78, 5) is 15.0. The Bertz CT molecular complexity index is 456. The van der Waals surface area contributed by atoms with Crippen LogP contribution in [-0.4, -0.2) is 22.9 Å². The van der Waals surface area contributed by atoms with E-state index in [9.17, 15) is 4.79 Å². The van der Waals surface area contributed by atoms with Gasteiger partial charge in [-0.15, -0.1) is 0 Å². The molecule has 1 saturated heterocycles. The van der Waals surface area contributed by atoms with Crippen molar-refractivity contribution < 1.29 is 4.79 Å². The summed E-state index contributed by atoms with van der Waals surface area (Å²) in [5, 5.41) is 3.58. The first kappa shape index (κ1) is 16.0. The van der Waals surface area contributed by atoms with E-state index in [2.05, 4.69) is 50.0 Å². The van der Waals surface area contributed by atoms with Crippen molar-refractivity contribution in [2.75, 3.05) is 0 Å². The summed E-state index contributed by atoms with van der Waals surface area (Å²) in [6.45, 7) is 8.64. The summed E-state index contributed by atoms with van der Waals surface area (Å²) in [7, 11) is 0. The smallest absolute Gasteiger partial charge is 0.241 e. The molecule has 0 spiro atoms. The predicted molar refractivity (Wildman–Crippen MR) is 86.8 cm³/mol. The van der Waals surface area contributed by atoms with E-state index in [-0.39, 0.29) is 18.1 Å². The van der Waals surface area contributed by atoms with Crippen molar-refractivity contribution in [1.82, 2.24) is 10.2 Å². The zero-order valence-corrected chi connectivity index (χ0v) is 13.7. The largest absolute Gasteiger partial charge is 0.319 e. The van der Waals surface area contributed by atoms with Crippen LogP contribution in [0.25, 0.3) is 0 Å². The Balaban J connectivity index is 2.34. The zero-order chi connectivity index (χ0) is 15.4. The molecule has 0 saturated carbocycles. The summed E-state index contributed by atoms with van der Waals surface area (Å²) < 4.78 is 0. The Labute approximate surface area is 128 Å². The molecule has 1 aliphatic rings. The Morgan fingerprint density at radius 2 is 1.71 bits per heavy atom. The summed E-state index contributed by atoms with van der Waals surface area (Å²) in [6.07, 6.45) is 3.03. The van der Waals surface area contributed by atoms with Gasteiger partial charge in [-0.25, -0.2) is 0 Å². The van der Waals surface area contributed by atoms with E-state index >= 15 is 0 Å². The topological polar surface area (TPSA) is 32.3 Å². The predicted octanol–water partition coefficient (Wildman–Crippen LogP) is 3.72. The van der Waals surface area contributed by atoms with Crippen molar-refractivity contribution >= 4 is 5.91 Å². The van der Waals surface area contributed by atoms with Crippen LogP contribution in [0.4, 0.5) is 0 Å². The molecule has 116 valence electrons. The number of carbonyl (C=O) groups is 1. The molecule has 0 bridgehead atoms. The monoisotopic (exact) mass is 288 g/mol. The molecule has 1 aromatic carbocycles. The van der Waals surface area contributed by atoms with Gasteiger partial charge in [-0.05, 0) is 24.3 Å². The van der Waals surface area contributed by atoms with Gasteiger partial charge >= 0.3 is 0 Å². The highest BCUT2D eigenvalue weighted by molar-refractivity contribution is 5.85. The molecule has 3 atom stereocenters. The number of amides is 1. The number of rotatable bonds is 6. The van der Waals surface area contributed by atoms with Crippen molar-refractivity contribution in [3.05, 3.63) is 35.9 Å².